The SMILES string of the molecule is Cc1cc(C(=O)NC2(CO)CCCC2)c(C)cc1Br. The molecule has 19 heavy (non-hydrogen) atoms. The first-order chi connectivity index (χ1) is 8.97. The molecule has 2 N–H and O–H groups in total. The van der Waals surface area contributed by atoms with Gasteiger partial charge in [-0.1, -0.05) is 28.8 Å². The molecular formula is C15H20BrNO2. The maximum atomic E-state index is 12.4. The molecule has 3 nitrogen and oxygen atoms in total. The highest BCUT2D eigenvalue weighted by Crippen LogP contribution is 2.30. The van der Waals surface area contributed by atoms with Crippen molar-refractivity contribution in [3.63, 3.8) is 0 Å². The van der Waals surface area contributed by atoms with Crippen LogP contribution in [0.1, 0.15) is 47.2 Å². The van der Waals surface area contributed by atoms with Gasteiger partial charge >= 0.3 is 0 Å². The van der Waals surface area contributed by atoms with Crippen molar-refractivity contribution in [3.05, 3.63) is 33.3 Å². The van der Waals surface area contributed by atoms with Crippen molar-refractivity contribution in [2.24, 2.45) is 0 Å². The molecule has 104 valence electrons. The van der Waals surface area contributed by atoms with E-state index in [1.54, 1.807) is 0 Å². The van der Waals surface area contributed by atoms with Gasteiger partial charge in [-0.05, 0) is 49.9 Å². The lowest BCUT2D eigenvalue weighted by Crippen LogP contribution is -2.49. The quantitative estimate of drug-likeness (QED) is 0.897. The lowest BCUT2D eigenvalue weighted by molar-refractivity contribution is 0.0838. The summed E-state index contributed by atoms with van der Waals surface area (Å²) in [5, 5.41) is 12.6. The van der Waals surface area contributed by atoms with Crippen LogP contribution in [0.4, 0.5) is 0 Å². The summed E-state index contributed by atoms with van der Waals surface area (Å²) in [7, 11) is 0. The first-order valence-electron chi connectivity index (χ1n) is 6.67. The number of carbonyl (C=O) groups is 1. The minimum absolute atomic E-state index is 0.0211. The van der Waals surface area contributed by atoms with E-state index in [0.29, 0.717) is 5.56 Å². The Bertz CT molecular complexity index is 493. The van der Waals surface area contributed by atoms with Crippen molar-refractivity contribution in [3.8, 4) is 0 Å². The van der Waals surface area contributed by atoms with Gasteiger partial charge in [0.2, 0.25) is 0 Å². The van der Waals surface area contributed by atoms with Crippen molar-refractivity contribution >= 4 is 21.8 Å². The average Bonchev–Trinajstić information content (AvgIpc) is 2.83. The molecule has 2 rings (SSSR count). The Balaban J connectivity index is 2.22. The van der Waals surface area contributed by atoms with E-state index in [1.165, 1.54) is 0 Å². The highest BCUT2D eigenvalue weighted by Gasteiger charge is 2.35. The Morgan fingerprint density at radius 1 is 1.32 bits per heavy atom. The maximum Gasteiger partial charge on any atom is 0.252 e. The summed E-state index contributed by atoms with van der Waals surface area (Å²) in [6.45, 7) is 3.92. The van der Waals surface area contributed by atoms with Crippen LogP contribution in [0, 0.1) is 13.8 Å². The number of benzene rings is 1. The van der Waals surface area contributed by atoms with Crippen molar-refractivity contribution in [2.45, 2.75) is 45.1 Å². The molecule has 0 spiro atoms. The zero-order valence-electron chi connectivity index (χ0n) is 11.4. The fourth-order valence-electron chi connectivity index (χ4n) is 2.71. The molecule has 1 saturated carbocycles. The number of aryl methyl sites for hydroxylation is 2. The minimum atomic E-state index is -0.412. The van der Waals surface area contributed by atoms with Crippen LogP contribution in [-0.2, 0) is 0 Å². The topological polar surface area (TPSA) is 49.3 Å². The molecule has 0 saturated heterocycles. The van der Waals surface area contributed by atoms with Gasteiger partial charge in [0.1, 0.15) is 0 Å². The minimum Gasteiger partial charge on any atom is -0.394 e. The van der Waals surface area contributed by atoms with E-state index in [2.05, 4.69) is 21.2 Å². The van der Waals surface area contributed by atoms with Crippen molar-refractivity contribution in [2.75, 3.05) is 6.61 Å². The highest BCUT2D eigenvalue weighted by molar-refractivity contribution is 9.10. The molecule has 0 unspecified atom stereocenters. The number of aliphatic hydroxyl groups excluding tert-OH is 1. The van der Waals surface area contributed by atoms with Gasteiger partial charge in [-0.25, -0.2) is 0 Å². The van der Waals surface area contributed by atoms with Crippen LogP contribution < -0.4 is 5.32 Å². The van der Waals surface area contributed by atoms with Gasteiger partial charge < -0.3 is 10.4 Å². The number of nitrogens with one attached hydrogen (secondary N) is 1. The van der Waals surface area contributed by atoms with E-state index >= 15 is 0 Å². The molecule has 0 bridgehead atoms. The fourth-order valence-corrected chi connectivity index (χ4v) is 3.17. The summed E-state index contributed by atoms with van der Waals surface area (Å²) >= 11 is 3.47. The van der Waals surface area contributed by atoms with Gasteiger partial charge in [-0.3, -0.25) is 4.79 Å². The standard InChI is InChI=1S/C15H20BrNO2/c1-10-8-13(16)11(2)7-12(10)14(19)17-15(9-18)5-3-4-6-15/h7-8,18H,3-6,9H2,1-2H3,(H,17,19). The van der Waals surface area contributed by atoms with E-state index in [4.69, 9.17) is 0 Å². The van der Waals surface area contributed by atoms with Crippen molar-refractivity contribution in [1.29, 1.82) is 0 Å². The van der Waals surface area contributed by atoms with Crippen molar-refractivity contribution < 1.29 is 9.90 Å². The zero-order valence-corrected chi connectivity index (χ0v) is 13.0. The molecule has 0 radical (unpaired) electrons. The predicted molar refractivity (Wildman–Crippen MR) is 79.4 cm³/mol. The van der Waals surface area contributed by atoms with E-state index in [-0.39, 0.29) is 12.5 Å². The summed E-state index contributed by atoms with van der Waals surface area (Å²) in [6, 6.07) is 3.86. The third-order valence-electron chi connectivity index (χ3n) is 3.99. The zero-order chi connectivity index (χ0) is 14.0. The molecule has 1 aromatic carbocycles. The lowest BCUT2D eigenvalue weighted by atomic mass is 9.97. The second kappa shape index (κ2) is 5.63. The van der Waals surface area contributed by atoms with Gasteiger partial charge in [0.25, 0.3) is 5.91 Å². The summed E-state index contributed by atoms with van der Waals surface area (Å²) in [5.74, 6) is -0.0796. The molecule has 0 aromatic heterocycles. The number of carbonyl (C=O) groups excluding carboxylic acids is 1. The Hall–Kier alpha value is -0.870. The fraction of sp³-hybridized carbons (Fsp3) is 0.533. The molecule has 1 amide bonds. The Labute approximate surface area is 122 Å². The summed E-state index contributed by atoms with van der Waals surface area (Å²) < 4.78 is 1.01. The largest absolute Gasteiger partial charge is 0.394 e. The van der Waals surface area contributed by atoms with Crippen LogP contribution in [0.15, 0.2) is 16.6 Å². The van der Waals surface area contributed by atoms with E-state index in [9.17, 15) is 9.90 Å². The number of rotatable bonds is 3. The number of halogens is 1. The smallest absolute Gasteiger partial charge is 0.252 e. The monoisotopic (exact) mass is 325 g/mol. The molecule has 0 aliphatic heterocycles. The van der Waals surface area contributed by atoms with Gasteiger partial charge in [-0.15, -0.1) is 0 Å². The average molecular weight is 326 g/mol. The van der Waals surface area contributed by atoms with Crippen LogP contribution in [0.5, 0.6) is 0 Å². The summed E-state index contributed by atoms with van der Waals surface area (Å²) in [6.07, 6.45) is 3.87. The molecule has 1 fully saturated rings. The number of aliphatic hydroxyl groups is 1. The second-order valence-corrected chi connectivity index (χ2v) is 6.37. The van der Waals surface area contributed by atoms with Crippen molar-refractivity contribution in [1.82, 2.24) is 5.32 Å². The maximum absolute atomic E-state index is 12.4. The second-order valence-electron chi connectivity index (χ2n) is 5.52. The normalized spacial score (nSPS) is 17.5. The molecule has 0 heterocycles. The molecule has 1 aromatic rings. The van der Waals surface area contributed by atoms with Crippen LogP contribution >= 0.6 is 15.9 Å². The number of hydrogen-bond acceptors (Lipinski definition) is 2. The third-order valence-corrected chi connectivity index (χ3v) is 4.85. The highest BCUT2D eigenvalue weighted by atomic mass is 79.9. The van der Waals surface area contributed by atoms with Gasteiger partial charge in [0, 0.05) is 10.0 Å². The first kappa shape index (κ1) is 14.5. The molecule has 0 atom stereocenters. The summed E-state index contributed by atoms with van der Waals surface area (Å²) in [4.78, 5) is 12.4. The number of hydrogen-bond donors (Lipinski definition) is 2. The van der Waals surface area contributed by atoms with Gasteiger partial charge in [0.05, 0.1) is 12.1 Å². The number of amides is 1. The molecule has 1 aliphatic carbocycles. The van der Waals surface area contributed by atoms with Crippen LogP contribution in [0.25, 0.3) is 0 Å². The Kier molecular flexibility index (Phi) is 4.31. The molecule has 4 heteroatoms. The lowest BCUT2D eigenvalue weighted by Gasteiger charge is -2.28. The van der Waals surface area contributed by atoms with E-state index in [1.807, 2.05) is 26.0 Å². The first-order valence-corrected chi connectivity index (χ1v) is 7.47. The third kappa shape index (κ3) is 3.00. The van der Waals surface area contributed by atoms with Crippen LogP contribution in [0.3, 0.4) is 0 Å². The Morgan fingerprint density at radius 3 is 2.53 bits per heavy atom. The van der Waals surface area contributed by atoms with Gasteiger partial charge in [-0.2, -0.15) is 0 Å². The van der Waals surface area contributed by atoms with E-state index in [0.717, 1.165) is 41.3 Å². The molecule has 1 aliphatic rings. The van der Waals surface area contributed by atoms with Crippen LogP contribution in [-0.4, -0.2) is 23.2 Å². The Morgan fingerprint density at radius 2 is 1.95 bits per heavy atom. The predicted octanol–water partition coefficient (Wildman–Crippen LogP) is 3.10. The van der Waals surface area contributed by atoms with Crippen LogP contribution in [0.2, 0.25) is 0 Å². The van der Waals surface area contributed by atoms with E-state index < -0.39 is 5.54 Å². The molecular weight excluding hydrogens is 306 g/mol. The van der Waals surface area contributed by atoms with Gasteiger partial charge in [0.15, 0.2) is 0 Å². The summed E-state index contributed by atoms with van der Waals surface area (Å²) in [5.41, 5.74) is 2.27.